The van der Waals surface area contributed by atoms with Gasteiger partial charge in [0, 0.05) is 30.0 Å². The van der Waals surface area contributed by atoms with Crippen molar-refractivity contribution in [2.24, 2.45) is 5.92 Å². The molecule has 0 saturated carbocycles. The lowest BCUT2D eigenvalue weighted by Gasteiger charge is -2.31. The van der Waals surface area contributed by atoms with Crippen molar-refractivity contribution >= 4 is 11.6 Å². The van der Waals surface area contributed by atoms with Gasteiger partial charge in [-0.05, 0) is 55.1 Å². The molecule has 2 nitrogen and oxygen atoms in total. The van der Waals surface area contributed by atoms with Gasteiger partial charge in [0.15, 0.2) is 0 Å². The monoisotopic (exact) mass is 316 g/mol. The first-order valence-corrected chi connectivity index (χ1v) is 8.67. The van der Waals surface area contributed by atoms with Crippen molar-refractivity contribution < 1.29 is 0 Å². The zero-order valence-corrected chi connectivity index (χ0v) is 14.3. The second-order valence-electron chi connectivity index (χ2n) is 6.66. The van der Waals surface area contributed by atoms with Gasteiger partial charge in [-0.3, -0.25) is 4.90 Å². The molecule has 0 N–H and O–H groups in total. The Morgan fingerprint density at radius 3 is 2.82 bits per heavy atom. The molecule has 22 heavy (non-hydrogen) atoms. The Balaban J connectivity index is 1.97. The standard InChI is InChI=1S/C19H25ClN2/c1-15(2)9-13-22-12-5-11-21-10-4-8-18(21)19(22)16-6-3-7-17(20)14-16/h3-4,6-8,10,14-15,19H,5,9,11-13H2,1-2H3/t19-/m1/s1. The molecule has 0 unspecified atom stereocenters. The number of fused-ring (bicyclic) bond motifs is 1. The lowest BCUT2D eigenvalue weighted by atomic mass is 10.0. The van der Waals surface area contributed by atoms with E-state index in [1.807, 2.05) is 6.07 Å². The maximum atomic E-state index is 6.26. The summed E-state index contributed by atoms with van der Waals surface area (Å²) in [6, 6.07) is 13.1. The molecule has 0 amide bonds. The van der Waals surface area contributed by atoms with Crippen LogP contribution in [0.25, 0.3) is 0 Å². The molecule has 1 aliphatic heterocycles. The maximum Gasteiger partial charge on any atom is 0.0756 e. The molecule has 1 aromatic carbocycles. The van der Waals surface area contributed by atoms with Crippen molar-refractivity contribution in [1.29, 1.82) is 0 Å². The van der Waals surface area contributed by atoms with E-state index in [4.69, 9.17) is 11.6 Å². The number of aromatic nitrogens is 1. The van der Waals surface area contributed by atoms with E-state index in [9.17, 15) is 0 Å². The van der Waals surface area contributed by atoms with Crippen LogP contribution >= 0.6 is 11.6 Å². The number of nitrogens with zero attached hydrogens (tertiary/aromatic N) is 2. The smallest absolute Gasteiger partial charge is 0.0756 e. The third kappa shape index (κ3) is 3.39. The van der Waals surface area contributed by atoms with Crippen LogP contribution in [0.15, 0.2) is 42.6 Å². The summed E-state index contributed by atoms with van der Waals surface area (Å²) in [5, 5.41) is 0.823. The van der Waals surface area contributed by atoms with Gasteiger partial charge in [0.25, 0.3) is 0 Å². The molecule has 0 saturated heterocycles. The zero-order chi connectivity index (χ0) is 15.5. The Morgan fingerprint density at radius 1 is 1.18 bits per heavy atom. The largest absolute Gasteiger partial charge is 0.350 e. The number of benzene rings is 1. The number of hydrogen-bond donors (Lipinski definition) is 0. The first-order valence-electron chi connectivity index (χ1n) is 8.29. The fraction of sp³-hybridized carbons (Fsp3) is 0.474. The minimum Gasteiger partial charge on any atom is -0.350 e. The quantitative estimate of drug-likeness (QED) is 0.772. The van der Waals surface area contributed by atoms with Crippen molar-refractivity contribution in [2.45, 2.75) is 39.3 Å². The average Bonchev–Trinajstić information content (AvgIpc) is 2.86. The molecule has 2 heterocycles. The van der Waals surface area contributed by atoms with E-state index in [1.165, 1.54) is 24.1 Å². The highest BCUT2D eigenvalue weighted by Gasteiger charge is 2.27. The molecule has 0 fully saturated rings. The molecule has 3 heteroatoms. The summed E-state index contributed by atoms with van der Waals surface area (Å²) in [5.41, 5.74) is 2.70. The van der Waals surface area contributed by atoms with Crippen LogP contribution in [-0.2, 0) is 6.54 Å². The highest BCUT2D eigenvalue weighted by molar-refractivity contribution is 6.30. The summed E-state index contributed by atoms with van der Waals surface area (Å²) in [5.74, 6) is 0.732. The summed E-state index contributed by atoms with van der Waals surface area (Å²) in [6.45, 7) is 7.99. The highest BCUT2D eigenvalue weighted by Crippen LogP contribution is 2.33. The molecule has 0 bridgehead atoms. The molecule has 0 radical (unpaired) electrons. The second kappa shape index (κ2) is 6.89. The number of rotatable bonds is 4. The Bertz CT molecular complexity index is 617. The van der Waals surface area contributed by atoms with Gasteiger partial charge in [-0.1, -0.05) is 37.6 Å². The predicted molar refractivity (Wildman–Crippen MR) is 93.4 cm³/mol. The van der Waals surface area contributed by atoms with E-state index in [2.05, 4.69) is 59.8 Å². The van der Waals surface area contributed by atoms with E-state index in [0.717, 1.165) is 30.6 Å². The number of halogens is 1. The van der Waals surface area contributed by atoms with E-state index in [-0.39, 0.29) is 0 Å². The molecule has 118 valence electrons. The molecule has 1 aliphatic rings. The summed E-state index contributed by atoms with van der Waals surface area (Å²) < 4.78 is 2.40. The van der Waals surface area contributed by atoms with Crippen molar-refractivity contribution in [2.75, 3.05) is 13.1 Å². The van der Waals surface area contributed by atoms with E-state index in [0.29, 0.717) is 6.04 Å². The lowest BCUT2D eigenvalue weighted by Crippen LogP contribution is -2.31. The van der Waals surface area contributed by atoms with Crippen molar-refractivity contribution in [3.05, 3.63) is 58.9 Å². The third-order valence-corrected chi connectivity index (χ3v) is 4.75. The highest BCUT2D eigenvalue weighted by atomic mass is 35.5. The molecule has 0 spiro atoms. The van der Waals surface area contributed by atoms with Crippen LogP contribution in [-0.4, -0.2) is 22.6 Å². The molecule has 3 rings (SSSR count). The number of aryl methyl sites for hydroxylation is 1. The predicted octanol–water partition coefficient (Wildman–Crippen LogP) is 4.98. The second-order valence-corrected chi connectivity index (χ2v) is 7.09. The van der Waals surface area contributed by atoms with Crippen LogP contribution in [0, 0.1) is 5.92 Å². The van der Waals surface area contributed by atoms with Crippen LogP contribution in [0.1, 0.15) is 44.0 Å². The molecular formula is C19H25ClN2. The summed E-state index contributed by atoms with van der Waals surface area (Å²) in [4.78, 5) is 2.63. The van der Waals surface area contributed by atoms with Crippen LogP contribution < -0.4 is 0 Å². The Labute approximate surface area is 138 Å². The minimum absolute atomic E-state index is 0.315. The van der Waals surface area contributed by atoms with Gasteiger partial charge in [0.1, 0.15) is 0 Å². The fourth-order valence-electron chi connectivity index (χ4n) is 3.36. The summed E-state index contributed by atoms with van der Waals surface area (Å²) >= 11 is 6.26. The van der Waals surface area contributed by atoms with Crippen LogP contribution in [0.4, 0.5) is 0 Å². The summed E-state index contributed by atoms with van der Waals surface area (Å²) in [6.07, 6.45) is 4.65. The normalized spacial score (nSPS) is 19.2. The van der Waals surface area contributed by atoms with Crippen LogP contribution in [0.5, 0.6) is 0 Å². The van der Waals surface area contributed by atoms with Gasteiger partial charge >= 0.3 is 0 Å². The van der Waals surface area contributed by atoms with E-state index in [1.54, 1.807) is 0 Å². The van der Waals surface area contributed by atoms with Gasteiger partial charge < -0.3 is 4.57 Å². The van der Waals surface area contributed by atoms with Gasteiger partial charge in [0.05, 0.1) is 6.04 Å². The molecular weight excluding hydrogens is 292 g/mol. The van der Waals surface area contributed by atoms with Crippen LogP contribution in [0.2, 0.25) is 5.02 Å². The fourth-order valence-corrected chi connectivity index (χ4v) is 3.56. The average molecular weight is 317 g/mol. The topological polar surface area (TPSA) is 8.17 Å². The molecule has 0 aliphatic carbocycles. The number of hydrogen-bond acceptors (Lipinski definition) is 1. The van der Waals surface area contributed by atoms with Gasteiger partial charge in [0.2, 0.25) is 0 Å². The van der Waals surface area contributed by atoms with Crippen LogP contribution in [0.3, 0.4) is 0 Å². The minimum atomic E-state index is 0.315. The van der Waals surface area contributed by atoms with E-state index < -0.39 is 0 Å². The van der Waals surface area contributed by atoms with Gasteiger partial charge in [-0.15, -0.1) is 0 Å². The Kier molecular flexibility index (Phi) is 4.90. The van der Waals surface area contributed by atoms with Crippen molar-refractivity contribution in [1.82, 2.24) is 9.47 Å². The SMILES string of the molecule is CC(C)CCN1CCCn2cccc2[C@H]1c1cccc(Cl)c1. The Hall–Kier alpha value is -1.25. The third-order valence-electron chi connectivity index (χ3n) is 4.51. The van der Waals surface area contributed by atoms with Crippen molar-refractivity contribution in [3.8, 4) is 0 Å². The van der Waals surface area contributed by atoms with Gasteiger partial charge in [-0.2, -0.15) is 0 Å². The van der Waals surface area contributed by atoms with Gasteiger partial charge in [-0.25, -0.2) is 0 Å². The molecule has 2 aromatic rings. The lowest BCUT2D eigenvalue weighted by molar-refractivity contribution is 0.216. The van der Waals surface area contributed by atoms with E-state index >= 15 is 0 Å². The first kappa shape index (κ1) is 15.6. The zero-order valence-electron chi connectivity index (χ0n) is 13.5. The first-order chi connectivity index (χ1) is 10.6. The molecule has 1 aromatic heterocycles. The molecule has 1 atom stereocenters. The van der Waals surface area contributed by atoms with Crippen molar-refractivity contribution in [3.63, 3.8) is 0 Å². The Morgan fingerprint density at radius 2 is 2.05 bits per heavy atom. The summed E-state index contributed by atoms with van der Waals surface area (Å²) in [7, 11) is 0. The maximum absolute atomic E-state index is 6.26.